The molecule has 1 amide bonds. The molecule has 0 aromatic carbocycles. The van der Waals surface area contributed by atoms with Crippen LogP contribution < -0.4 is 11.0 Å². The van der Waals surface area contributed by atoms with Crippen LogP contribution in [-0.4, -0.2) is 15.6 Å². The second-order valence-electron chi connectivity index (χ2n) is 4.34. The number of nitrogens with zero attached hydrogens (tertiary/aromatic N) is 2. The lowest BCUT2D eigenvalue weighted by atomic mass is 10.2. The summed E-state index contributed by atoms with van der Waals surface area (Å²) in [4.78, 5) is 29.9. The number of unbranched alkanes of at least 4 members (excludes halogenated alkanes) is 1. The highest BCUT2D eigenvalue weighted by atomic mass is 32.1. The van der Waals surface area contributed by atoms with Crippen LogP contribution in [0.25, 0.3) is 10.2 Å². The molecule has 0 saturated carbocycles. The van der Waals surface area contributed by atoms with E-state index >= 15 is 0 Å². The molecule has 0 unspecified atom stereocenters. The molecule has 0 fully saturated rings. The van der Waals surface area contributed by atoms with Gasteiger partial charge < -0.3 is 0 Å². The average Bonchev–Trinajstić information content (AvgIpc) is 2.84. The molecule has 2 rings (SSSR count). The Kier molecular flexibility index (Phi) is 4.31. The summed E-state index contributed by atoms with van der Waals surface area (Å²) in [5.74, 6) is -0.156. The van der Waals surface area contributed by atoms with Gasteiger partial charge in [-0.05, 0) is 18.9 Å². The highest BCUT2D eigenvalue weighted by Crippen LogP contribution is 2.20. The Balaban J connectivity index is 2.27. The van der Waals surface area contributed by atoms with Gasteiger partial charge in [0.05, 0.1) is 5.39 Å². The number of thiophene rings is 1. The van der Waals surface area contributed by atoms with Crippen LogP contribution >= 0.6 is 11.3 Å². The zero-order chi connectivity index (χ0) is 13.8. The van der Waals surface area contributed by atoms with E-state index in [1.807, 2.05) is 19.9 Å². The summed E-state index contributed by atoms with van der Waals surface area (Å²) >= 11 is 1.52. The summed E-state index contributed by atoms with van der Waals surface area (Å²) in [6.45, 7) is 4.06. The number of carbonyl (C=O) groups excluding carboxylic acids is 1. The molecule has 19 heavy (non-hydrogen) atoms. The van der Waals surface area contributed by atoms with Crippen molar-refractivity contribution in [3.63, 3.8) is 0 Å². The molecule has 0 aliphatic carbocycles. The Hall–Kier alpha value is -1.69. The Morgan fingerprint density at radius 2 is 2.26 bits per heavy atom. The van der Waals surface area contributed by atoms with Crippen LogP contribution in [0.4, 0.5) is 0 Å². The summed E-state index contributed by atoms with van der Waals surface area (Å²) in [5, 5.41) is 0.570. The maximum Gasteiger partial charge on any atom is 0.280 e. The van der Waals surface area contributed by atoms with Crippen LogP contribution in [0.2, 0.25) is 0 Å². The van der Waals surface area contributed by atoms with Crippen molar-refractivity contribution >= 4 is 27.5 Å². The molecule has 0 bridgehead atoms. The zero-order valence-corrected chi connectivity index (χ0v) is 11.9. The molecule has 1 N–H and O–H groups in total. The van der Waals surface area contributed by atoms with Gasteiger partial charge in [-0.2, -0.15) is 0 Å². The average molecular weight is 279 g/mol. The molecule has 0 radical (unpaired) electrons. The fourth-order valence-corrected chi connectivity index (χ4v) is 2.68. The molecule has 0 aliphatic rings. The smallest absolute Gasteiger partial charge is 0.273 e. The van der Waals surface area contributed by atoms with Crippen molar-refractivity contribution < 1.29 is 4.79 Å². The minimum Gasteiger partial charge on any atom is -0.273 e. The monoisotopic (exact) mass is 279 g/mol. The molecule has 0 aliphatic heterocycles. The zero-order valence-electron chi connectivity index (χ0n) is 11.1. The predicted octanol–water partition coefficient (Wildman–Crippen LogP) is 2.28. The van der Waals surface area contributed by atoms with Crippen LogP contribution in [0.5, 0.6) is 0 Å². The van der Waals surface area contributed by atoms with E-state index in [1.54, 1.807) is 0 Å². The number of nitrogens with one attached hydrogen (secondary N) is 1. The summed E-state index contributed by atoms with van der Waals surface area (Å²) in [6, 6.07) is 1.85. The molecule has 5 nitrogen and oxygen atoms in total. The van der Waals surface area contributed by atoms with Crippen LogP contribution in [0.15, 0.2) is 17.2 Å². The second kappa shape index (κ2) is 5.97. The molecule has 0 spiro atoms. The molecule has 2 aromatic rings. The summed E-state index contributed by atoms with van der Waals surface area (Å²) in [5.41, 5.74) is 2.35. The quantitative estimate of drug-likeness (QED) is 0.913. The number of aromatic nitrogens is 2. The van der Waals surface area contributed by atoms with Gasteiger partial charge >= 0.3 is 0 Å². The number of hydrogen-bond donors (Lipinski definition) is 1. The van der Waals surface area contributed by atoms with E-state index in [4.69, 9.17) is 0 Å². The SMILES string of the molecule is CCCCC(=O)Nn1cnc2sc(CC)cc2c1=O. The first kappa shape index (κ1) is 13.7. The molecule has 0 saturated heterocycles. The topological polar surface area (TPSA) is 64.0 Å². The molecular weight excluding hydrogens is 262 g/mol. The fourth-order valence-electron chi connectivity index (χ4n) is 1.75. The van der Waals surface area contributed by atoms with E-state index in [-0.39, 0.29) is 11.5 Å². The maximum absolute atomic E-state index is 12.2. The van der Waals surface area contributed by atoms with Gasteiger partial charge in [0.1, 0.15) is 11.2 Å². The minimum absolute atomic E-state index is 0.156. The first-order valence-corrected chi connectivity index (χ1v) is 7.27. The fraction of sp³-hybridized carbons (Fsp3) is 0.462. The van der Waals surface area contributed by atoms with Crippen molar-refractivity contribution in [2.75, 3.05) is 5.43 Å². The molecule has 102 valence electrons. The van der Waals surface area contributed by atoms with E-state index in [0.717, 1.165) is 29.0 Å². The van der Waals surface area contributed by atoms with Crippen molar-refractivity contribution in [1.29, 1.82) is 0 Å². The number of amides is 1. The lowest BCUT2D eigenvalue weighted by Crippen LogP contribution is -2.32. The molecule has 2 aromatic heterocycles. The second-order valence-corrected chi connectivity index (χ2v) is 5.46. The Bertz CT molecular complexity index is 645. The number of hydrogen-bond acceptors (Lipinski definition) is 4. The first-order valence-electron chi connectivity index (χ1n) is 6.45. The van der Waals surface area contributed by atoms with Gasteiger partial charge in [-0.3, -0.25) is 15.0 Å². The minimum atomic E-state index is -0.217. The first-order chi connectivity index (χ1) is 9.15. The van der Waals surface area contributed by atoms with Crippen molar-refractivity contribution in [3.8, 4) is 0 Å². The highest BCUT2D eigenvalue weighted by Gasteiger charge is 2.09. The van der Waals surface area contributed by atoms with E-state index < -0.39 is 0 Å². The van der Waals surface area contributed by atoms with Gasteiger partial charge in [-0.15, -0.1) is 11.3 Å². The van der Waals surface area contributed by atoms with Crippen molar-refractivity contribution in [1.82, 2.24) is 9.66 Å². The third kappa shape index (κ3) is 3.01. The van der Waals surface area contributed by atoms with Gasteiger partial charge in [0.25, 0.3) is 5.56 Å². The maximum atomic E-state index is 12.2. The van der Waals surface area contributed by atoms with Gasteiger partial charge in [0.15, 0.2) is 0 Å². The van der Waals surface area contributed by atoms with Crippen LogP contribution in [0, 0.1) is 0 Å². The molecule has 2 heterocycles. The summed E-state index contributed by atoms with van der Waals surface area (Å²) in [7, 11) is 0. The lowest BCUT2D eigenvalue weighted by molar-refractivity contribution is -0.117. The van der Waals surface area contributed by atoms with Gasteiger partial charge in [0, 0.05) is 11.3 Å². The number of carbonyl (C=O) groups is 1. The predicted molar refractivity (Wildman–Crippen MR) is 77.2 cm³/mol. The van der Waals surface area contributed by atoms with Gasteiger partial charge in [-0.1, -0.05) is 20.3 Å². The Labute approximate surface area is 115 Å². The van der Waals surface area contributed by atoms with Crippen molar-refractivity contribution in [2.45, 2.75) is 39.5 Å². The van der Waals surface area contributed by atoms with Crippen LogP contribution in [0.1, 0.15) is 38.0 Å². The van der Waals surface area contributed by atoms with Crippen LogP contribution in [0.3, 0.4) is 0 Å². The number of rotatable bonds is 5. The standard InChI is InChI=1S/C13H17N3O2S/c1-3-5-6-11(17)15-16-8-14-12-10(13(16)18)7-9(4-2)19-12/h7-8H,3-6H2,1-2H3,(H,15,17). The van der Waals surface area contributed by atoms with E-state index in [2.05, 4.69) is 10.4 Å². The summed E-state index contributed by atoms with van der Waals surface area (Å²) in [6.07, 6.45) is 4.44. The molecular formula is C13H17N3O2S. The number of fused-ring (bicyclic) bond motifs is 1. The van der Waals surface area contributed by atoms with Gasteiger partial charge in [-0.25, -0.2) is 9.66 Å². The molecule has 0 atom stereocenters. The van der Waals surface area contributed by atoms with E-state index in [1.165, 1.54) is 22.3 Å². The normalized spacial score (nSPS) is 10.8. The van der Waals surface area contributed by atoms with Crippen LogP contribution in [-0.2, 0) is 11.2 Å². The van der Waals surface area contributed by atoms with Crippen molar-refractivity contribution in [2.24, 2.45) is 0 Å². The third-order valence-corrected chi connectivity index (χ3v) is 4.04. The largest absolute Gasteiger partial charge is 0.280 e. The number of aryl methyl sites for hydroxylation is 1. The van der Waals surface area contributed by atoms with E-state index in [9.17, 15) is 9.59 Å². The van der Waals surface area contributed by atoms with Crippen molar-refractivity contribution in [3.05, 3.63) is 27.6 Å². The molecule has 6 heteroatoms. The Morgan fingerprint density at radius 1 is 1.47 bits per heavy atom. The summed E-state index contributed by atoms with van der Waals surface area (Å²) < 4.78 is 1.17. The van der Waals surface area contributed by atoms with E-state index in [0.29, 0.717) is 11.8 Å². The lowest BCUT2D eigenvalue weighted by Gasteiger charge is -2.06. The van der Waals surface area contributed by atoms with Gasteiger partial charge in [0.2, 0.25) is 5.91 Å². The Morgan fingerprint density at radius 3 is 2.95 bits per heavy atom. The highest BCUT2D eigenvalue weighted by molar-refractivity contribution is 7.18. The third-order valence-electron chi connectivity index (χ3n) is 2.85.